The number of hydrogen-bond acceptors (Lipinski definition) is 5. The van der Waals surface area contributed by atoms with Gasteiger partial charge in [0.1, 0.15) is 5.75 Å². The van der Waals surface area contributed by atoms with Crippen LogP contribution < -0.4 is 15.5 Å². The molecule has 112 valence electrons. The minimum Gasteiger partial charge on any atom is -0.393 e. The third-order valence-electron chi connectivity index (χ3n) is 2.43. The molecule has 0 aliphatic carbocycles. The summed E-state index contributed by atoms with van der Waals surface area (Å²) in [6.45, 7) is 0. The van der Waals surface area contributed by atoms with Gasteiger partial charge in [-0.1, -0.05) is 36.4 Å². The highest BCUT2D eigenvalue weighted by molar-refractivity contribution is 6.04. The number of urea groups is 1. The number of nitrogens with one attached hydrogen (secondary N) is 2. The van der Waals surface area contributed by atoms with Gasteiger partial charge in [0.05, 0.1) is 0 Å². The summed E-state index contributed by atoms with van der Waals surface area (Å²) in [7, 11) is 0. The quantitative estimate of drug-likeness (QED) is 0.504. The lowest BCUT2D eigenvalue weighted by molar-refractivity contribution is 0.0608. The Morgan fingerprint density at radius 3 is 2.05 bits per heavy atom. The van der Waals surface area contributed by atoms with Crippen LogP contribution in [0, 0.1) is 0 Å². The molecule has 0 unspecified atom stereocenters. The predicted molar refractivity (Wildman–Crippen MR) is 76.0 cm³/mol. The first kappa shape index (κ1) is 15.0. The molecule has 3 amide bonds. The molecule has 7 nitrogen and oxygen atoms in total. The van der Waals surface area contributed by atoms with E-state index in [4.69, 9.17) is 4.74 Å². The third kappa shape index (κ3) is 4.64. The molecule has 22 heavy (non-hydrogen) atoms. The minimum atomic E-state index is -1.13. The van der Waals surface area contributed by atoms with Crippen LogP contribution in [0.3, 0.4) is 0 Å². The monoisotopic (exact) mass is 300 g/mol. The number of ether oxygens (including phenoxy) is 1. The van der Waals surface area contributed by atoms with Crippen molar-refractivity contribution in [2.45, 2.75) is 0 Å². The van der Waals surface area contributed by atoms with E-state index in [2.05, 4.69) is 4.84 Å². The van der Waals surface area contributed by atoms with Crippen molar-refractivity contribution in [2.75, 3.05) is 0 Å². The zero-order chi connectivity index (χ0) is 15.8. The average Bonchev–Trinajstić information content (AvgIpc) is 2.55. The van der Waals surface area contributed by atoms with Gasteiger partial charge >= 0.3 is 12.2 Å². The van der Waals surface area contributed by atoms with Gasteiger partial charge in [-0.25, -0.2) is 9.59 Å². The van der Waals surface area contributed by atoms with E-state index >= 15 is 0 Å². The molecule has 0 bridgehead atoms. The van der Waals surface area contributed by atoms with E-state index in [-0.39, 0.29) is 5.75 Å². The Morgan fingerprint density at radius 2 is 1.41 bits per heavy atom. The Hall–Kier alpha value is -3.35. The fourth-order valence-corrected chi connectivity index (χ4v) is 1.48. The maximum Gasteiger partial charge on any atom is 0.538 e. The van der Waals surface area contributed by atoms with E-state index in [0.717, 1.165) is 0 Å². The summed E-state index contributed by atoms with van der Waals surface area (Å²) in [4.78, 5) is 38.7. The van der Waals surface area contributed by atoms with E-state index in [1.807, 2.05) is 5.32 Å². The molecule has 2 aromatic rings. The molecular formula is C15H12N2O5. The smallest absolute Gasteiger partial charge is 0.393 e. The molecule has 0 spiro atoms. The van der Waals surface area contributed by atoms with E-state index < -0.39 is 18.1 Å². The minimum absolute atomic E-state index is 0.259. The van der Waals surface area contributed by atoms with E-state index in [0.29, 0.717) is 5.56 Å². The molecule has 2 aromatic carbocycles. The van der Waals surface area contributed by atoms with Gasteiger partial charge in [0, 0.05) is 5.56 Å². The lowest BCUT2D eigenvalue weighted by Gasteiger charge is -2.07. The van der Waals surface area contributed by atoms with Crippen molar-refractivity contribution >= 4 is 18.1 Å². The molecular weight excluding hydrogens is 288 g/mol. The van der Waals surface area contributed by atoms with Crippen molar-refractivity contribution in [2.24, 2.45) is 0 Å². The number of benzene rings is 2. The van der Waals surface area contributed by atoms with Crippen LogP contribution in [0.5, 0.6) is 5.75 Å². The van der Waals surface area contributed by atoms with Gasteiger partial charge in [-0.05, 0) is 24.3 Å². The lowest BCUT2D eigenvalue weighted by Crippen LogP contribution is -2.40. The molecule has 0 heterocycles. The Kier molecular flexibility index (Phi) is 5.09. The first-order chi connectivity index (χ1) is 10.6. The third-order valence-corrected chi connectivity index (χ3v) is 2.43. The van der Waals surface area contributed by atoms with E-state index in [1.165, 1.54) is 12.1 Å². The van der Waals surface area contributed by atoms with Gasteiger partial charge in [0.25, 0.3) is 5.91 Å². The van der Waals surface area contributed by atoms with Crippen LogP contribution in [0.2, 0.25) is 0 Å². The van der Waals surface area contributed by atoms with Crippen molar-refractivity contribution in [3.63, 3.8) is 0 Å². The number of hydroxylamine groups is 1. The molecule has 0 aliphatic rings. The second-order valence-corrected chi connectivity index (χ2v) is 4.02. The van der Waals surface area contributed by atoms with Crippen molar-refractivity contribution in [1.29, 1.82) is 0 Å². The summed E-state index contributed by atoms with van der Waals surface area (Å²) < 4.78 is 4.77. The maximum absolute atomic E-state index is 11.6. The number of para-hydroxylation sites is 1. The van der Waals surface area contributed by atoms with Crippen LogP contribution in [-0.2, 0) is 4.84 Å². The van der Waals surface area contributed by atoms with Gasteiger partial charge < -0.3 is 9.57 Å². The van der Waals surface area contributed by atoms with Crippen molar-refractivity contribution in [3.05, 3.63) is 66.2 Å². The average molecular weight is 300 g/mol. The normalized spacial score (nSPS) is 9.45. The Balaban J connectivity index is 1.76. The molecule has 0 atom stereocenters. The van der Waals surface area contributed by atoms with E-state index in [9.17, 15) is 14.4 Å². The number of imide groups is 1. The first-order valence-electron chi connectivity index (χ1n) is 6.25. The molecule has 2 N–H and O–H groups in total. The molecule has 0 aliphatic heterocycles. The van der Waals surface area contributed by atoms with Crippen LogP contribution in [-0.4, -0.2) is 18.1 Å². The van der Waals surface area contributed by atoms with Crippen LogP contribution in [0.1, 0.15) is 10.4 Å². The summed E-state index contributed by atoms with van der Waals surface area (Å²) in [6.07, 6.45) is -1.13. The number of rotatable bonds is 2. The summed E-state index contributed by atoms with van der Waals surface area (Å²) >= 11 is 0. The van der Waals surface area contributed by atoms with Gasteiger partial charge in [-0.2, -0.15) is 5.48 Å². The summed E-state index contributed by atoms with van der Waals surface area (Å²) in [5.41, 5.74) is 2.05. The van der Waals surface area contributed by atoms with Crippen LogP contribution in [0.25, 0.3) is 0 Å². The van der Waals surface area contributed by atoms with Crippen LogP contribution >= 0.6 is 0 Å². The first-order valence-corrected chi connectivity index (χ1v) is 6.25. The molecule has 2 rings (SSSR count). The number of amides is 3. The van der Waals surface area contributed by atoms with Crippen molar-refractivity contribution in [3.8, 4) is 5.75 Å². The Bertz CT molecular complexity index is 658. The number of hydrogen-bond donors (Lipinski definition) is 2. The lowest BCUT2D eigenvalue weighted by atomic mass is 10.2. The van der Waals surface area contributed by atoms with Crippen molar-refractivity contribution < 1.29 is 24.0 Å². The predicted octanol–water partition coefficient (Wildman–Crippen LogP) is 2.26. The van der Waals surface area contributed by atoms with Gasteiger partial charge in [0.2, 0.25) is 0 Å². The maximum atomic E-state index is 11.6. The Labute approximate surface area is 125 Å². The zero-order valence-corrected chi connectivity index (χ0v) is 11.3. The zero-order valence-electron chi connectivity index (χ0n) is 11.3. The highest BCUT2D eigenvalue weighted by Crippen LogP contribution is 2.08. The standard InChI is InChI=1S/C15H12N2O5/c18-13(11-7-3-1-4-8-11)16-14(19)17-22-15(20)21-12-9-5-2-6-10-12/h1-10H,(H2,16,17,18,19). The summed E-state index contributed by atoms with van der Waals surface area (Å²) in [5, 5.41) is 1.99. The highest BCUT2D eigenvalue weighted by atomic mass is 16.8. The number of carbonyl (C=O) groups is 3. The fourth-order valence-electron chi connectivity index (χ4n) is 1.48. The van der Waals surface area contributed by atoms with Crippen molar-refractivity contribution in [1.82, 2.24) is 10.8 Å². The van der Waals surface area contributed by atoms with Crippen LogP contribution in [0.4, 0.5) is 9.59 Å². The molecule has 7 heteroatoms. The van der Waals surface area contributed by atoms with E-state index in [1.54, 1.807) is 54.0 Å². The van der Waals surface area contributed by atoms with Gasteiger partial charge in [-0.3, -0.25) is 10.1 Å². The summed E-state index contributed by atoms with van der Waals surface area (Å²) in [6, 6.07) is 15.3. The SMILES string of the molecule is O=C(NOC(=O)Oc1ccccc1)NC(=O)c1ccccc1. The highest BCUT2D eigenvalue weighted by Gasteiger charge is 2.12. The second kappa shape index (κ2) is 7.44. The molecule has 0 aromatic heterocycles. The van der Waals surface area contributed by atoms with Gasteiger partial charge in [-0.15, -0.1) is 0 Å². The molecule has 0 fully saturated rings. The van der Waals surface area contributed by atoms with Gasteiger partial charge in [0.15, 0.2) is 0 Å². The van der Waals surface area contributed by atoms with Crippen LogP contribution in [0.15, 0.2) is 60.7 Å². The molecule has 0 radical (unpaired) electrons. The second-order valence-electron chi connectivity index (χ2n) is 4.02. The Morgan fingerprint density at radius 1 is 0.818 bits per heavy atom. The molecule has 0 saturated heterocycles. The summed E-state index contributed by atoms with van der Waals surface area (Å²) in [5.74, 6) is -0.367. The number of carbonyl (C=O) groups excluding carboxylic acids is 3. The largest absolute Gasteiger partial charge is 0.538 e. The molecule has 0 saturated carbocycles. The fraction of sp³-hybridized carbons (Fsp3) is 0. The topological polar surface area (TPSA) is 93.7 Å².